The molecule has 21 heavy (non-hydrogen) atoms. The average molecular weight is 329 g/mol. The summed E-state index contributed by atoms with van der Waals surface area (Å²) < 4.78 is 5.33. The number of amides is 1. The molecule has 6 heteroatoms. The molecule has 0 radical (unpaired) electrons. The van der Waals surface area contributed by atoms with Crippen LogP contribution in [0.1, 0.15) is 25.7 Å². The third kappa shape index (κ3) is 5.77. The van der Waals surface area contributed by atoms with E-state index in [-0.39, 0.29) is 5.91 Å². The van der Waals surface area contributed by atoms with E-state index in [0.29, 0.717) is 28.1 Å². The predicted octanol–water partition coefficient (Wildman–Crippen LogP) is 3.55. The van der Waals surface area contributed by atoms with Gasteiger partial charge in [-0.05, 0) is 43.2 Å². The second kappa shape index (κ2) is 8.51. The minimum Gasteiger partial charge on any atom is -0.397 e. The van der Waals surface area contributed by atoms with Gasteiger partial charge in [0.2, 0.25) is 5.91 Å². The predicted molar refractivity (Wildman–Crippen MR) is 90.0 cm³/mol. The maximum atomic E-state index is 11.9. The molecule has 2 rings (SSSR count). The molecule has 1 aliphatic heterocycles. The van der Waals surface area contributed by atoms with E-state index in [1.807, 2.05) is 11.8 Å². The number of hydrogen-bond donors (Lipinski definition) is 2. The number of ether oxygens (including phenoxy) is 1. The molecule has 1 heterocycles. The normalized spacial score (nSPS) is 15.9. The number of thioether (sulfide) groups is 1. The van der Waals surface area contributed by atoms with Gasteiger partial charge in [-0.15, -0.1) is 0 Å². The van der Waals surface area contributed by atoms with E-state index in [1.165, 1.54) is 0 Å². The molecule has 1 fully saturated rings. The largest absolute Gasteiger partial charge is 0.397 e. The first-order valence-electron chi connectivity index (χ1n) is 7.19. The van der Waals surface area contributed by atoms with Gasteiger partial charge in [-0.1, -0.05) is 11.6 Å². The summed E-state index contributed by atoms with van der Waals surface area (Å²) in [6, 6.07) is 5.07. The van der Waals surface area contributed by atoms with E-state index in [2.05, 4.69) is 5.32 Å². The third-order valence-corrected chi connectivity index (χ3v) is 5.06. The molecule has 0 atom stereocenters. The maximum absolute atomic E-state index is 11.9. The lowest BCUT2D eigenvalue weighted by Crippen LogP contribution is -2.18. The van der Waals surface area contributed by atoms with E-state index in [4.69, 9.17) is 22.1 Å². The standard InChI is InChI=1S/C15H21ClN2O2S/c16-11-3-4-13(17)14(10-11)18-15(19)2-1-9-21-12-5-7-20-8-6-12/h3-4,10,12H,1-2,5-9,17H2,(H,18,19). The van der Waals surface area contributed by atoms with E-state index in [1.54, 1.807) is 18.2 Å². The molecule has 1 saturated heterocycles. The molecule has 0 bridgehead atoms. The SMILES string of the molecule is Nc1ccc(Cl)cc1NC(=O)CCCSC1CCOCC1. The number of hydrogen-bond acceptors (Lipinski definition) is 4. The summed E-state index contributed by atoms with van der Waals surface area (Å²) in [5, 5.41) is 4.06. The van der Waals surface area contributed by atoms with Crippen LogP contribution in [-0.2, 0) is 9.53 Å². The zero-order chi connectivity index (χ0) is 15.1. The fourth-order valence-electron chi connectivity index (χ4n) is 2.17. The number of nitrogens with one attached hydrogen (secondary N) is 1. The Hall–Kier alpha value is -0.910. The van der Waals surface area contributed by atoms with Crippen molar-refractivity contribution in [3.8, 4) is 0 Å². The molecule has 1 aromatic carbocycles. The molecule has 0 aliphatic carbocycles. The molecule has 1 aliphatic rings. The lowest BCUT2D eigenvalue weighted by Gasteiger charge is -2.21. The number of nitrogens with two attached hydrogens (primary N) is 1. The van der Waals surface area contributed by atoms with E-state index < -0.39 is 0 Å². The van der Waals surface area contributed by atoms with Crippen LogP contribution < -0.4 is 11.1 Å². The summed E-state index contributed by atoms with van der Waals surface area (Å²) in [5.41, 5.74) is 6.92. The van der Waals surface area contributed by atoms with Crippen molar-refractivity contribution in [2.45, 2.75) is 30.9 Å². The van der Waals surface area contributed by atoms with Crippen LogP contribution in [-0.4, -0.2) is 30.1 Å². The van der Waals surface area contributed by atoms with Gasteiger partial charge >= 0.3 is 0 Å². The molecule has 0 saturated carbocycles. The van der Waals surface area contributed by atoms with E-state index >= 15 is 0 Å². The Bertz CT molecular complexity index is 479. The summed E-state index contributed by atoms with van der Waals surface area (Å²) in [7, 11) is 0. The van der Waals surface area contributed by atoms with Gasteiger partial charge in [0.25, 0.3) is 0 Å². The molecular weight excluding hydrogens is 308 g/mol. The Kier molecular flexibility index (Phi) is 6.67. The van der Waals surface area contributed by atoms with Crippen molar-refractivity contribution >= 4 is 40.6 Å². The van der Waals surface area contributed by atoms with E-state index in [0.717, 1.165) is 38.2 Å². The minimum atomic E-state index is -0.0171. The Morgan fingerprint density at radius 1 is 1.43 bits per heavy atom. The van der Waals surface area contributed by atoms with Gasteiger partial charge in [0.15, 0.2) is 0 Å². The Morgan fingerprint density at radius 2 is 2.19 bits per heavy atom. The fourth-order valence-corrected chi connectivity index (χ4v) is 3.52. The number of rotatable bonds is 6. The molecule has 4 nitrogen and oxygen atoms in total. The molecule has 0 aromatic heterocycles. The van der Waals surface area contributed by atoms with Crippen molar-refractivity contribution in [2.24, 2.45) is 0 Å². The maximum Gasteiger partial charge on any atom is 0.224 e. The van der Waals surface area contributed by atoms with Crippen molar-refractivity contribution in [1.29, 1.82) is 0 Å². The second-order valence-corrected chi connectivity index (χ2v) is 6.91. The highest BCUT2D eigenvalue weighted by molar-refractivity contribution is 7.99. The van der Waals surface area contributed by atoms with Crippen molar-refractivity contribution in [3.05, 3.63) is 23.2 Å². The van der Waals surface area contributed by atoms with Crippen LogP contribution in [0.25, 0.3) is 0 Å². The zero-order valence-corrected chi connectivity index (χ0v) is 13.5. The van der Waals surface area contributed by atoms with Crippen LogP contribution in [0, 0.1) is 0 Å². The Balaban J connectivity index is 1.66. The molecule has 0 spiro atoms. The van der Waals surface area contributed by atoms with Gasteiger partial charge in [-0.3, -0.25) is 4.79 Å². The van der Waals surface area contributed by atoms with Crippen molar-refractivity contribution < 1.29 is 9.53 Å². The minimum absolute atomic E-state index is 0.0171. The molecule has 1 amide bonds. The highest BCUT2D eigenvalue weighted by Gasteiger charge is 2.14. The number of anilines is 2. The topological polar surface area (TPSA) is 64.3 Å². The average Bonchev–Trinajstić information content (AvgIpc) is 2.48. The van der Waals surface area contributed by atoms with Crippen LogP contribution in [0.15, 0.2) is 18.2 Å². The van der Waals surface area contributed by atoms with E-state index in [9.17, 15) is 4.79 Å². The first-order chi connectivity index (χ1) is 10.1. The monoisotopic (exact) mass is 328 g/mol. The number of carbonyl (C=O) groups excluding carboxylic acids is 1. The Morgan fingerprint density at radius 3 is 2.95 bits per heavy atom. The van der Waals surface area contributed by atoms with Crippen LogP contribution in [0.4, 0.5) is 11.4 Å². The van der Waals surface area contributed by atoms with Gasteiger partial charge in [0.05, 0.1) is 11.4 Å². The lowest BCUT2D eigenvalue weighted by atomic mass is 10.2. The van der Waals surface area contributed by atoms with Crippen LogP contribution in [0.5, 0.6) is 0 Å². The highest BCUT2D eigenvalue weighted by atomic mass is 35.5. The summed E-state index contributed by atoms with van der Waals surface area (Å²) in [6.07, 6.45) is 3.61. The van der Waals surface area contributed by atoms with Gasteiger partial charge in [-0.25, -0.2) is 0 Å². The zero-order valence-electron chi connectivity index (χ0n) is 11.9. The van der Waals surface area contributed by atoms with Crippen molar-refractivity contribution in [2.75, 3.05) is 30.0 Å². The molecule has 116 valence electrons. The van der Waals surface area contributed by atoms with Gasteiger partial charge in [0, 0.05) is 29.9 Å². The van der Waals surface area contributed by atoms with Crippen LogP contribution in [0.3, 0.4) is 0 Å². The number of benzene rings is 1. The summed E-state index contributed by atoms with van der Waals surface area (Å²) in [6.45, 7) is 1.73. The second-order valence-electron chi connectivity index (χ2n) is 5.07. The quantitative estimate of drug-likeness (QED) is 0.619. The summed E-state index contributed by atoms with van der Waals surface area (Å²) >= 11 is 7.84. The first kappa shape index (κ1) is 16.5. The lowest BCUT2D eigenvalue weighted by molar-refractivity contribution is -0.116. The van der Waals surface area contributed by atoms with Gasteiger partial charge < -0.3 is 15.8 Å². The molecule has 3 N–H and O–H groups in total. The van der Waals surface area contributed by atoms with Crippen molar-refractivity contribution in [3.63, 3.8) is 0 Å². The summed E-state index contributed by atoms with van der Waals surface area (Å²) in [5.74, 6) is 0.986. The third-order valence-electron chi connectivity index (χ3n) is 3.36. The van der Waals surface area contributed by atoms with Crippen LogP contribution >= 0.6 is 23.4 Å². The number of nitrogen functional groups attached to an aromatic ring is 1. The first-order valence-corrected chi connectivity index (χ1v) is 8.62. The highest BCUT2D eigenvalue weighted by Crippen LogP contribution is 2.24. The Labute approximate surface area is 134 Å². The number of carbonyl (C=O) groups is 1. The van der Waals surface area contributed by atoms with Gasteiger partial charge in [0.1, 0.15) is 0 Å². The van der Waals surface area contributed by atoms with Crippen LogP contribution in [0.2, 0.25) is 5.02 Å². The molecule has 1 aromatic rings. The fraction of sp³-hybridized carbons (Fsp3) is 0.533. The summed E-state index contributed by atoms with van der Waals surface area (Å²) in [4.78, 5) is 11.9. The molecular formula is C15H21ClN2O2S. The molecule has 0 unspecified atom stereocenters. The van der Waals surface area contributed by atoms with Gasteiger partial charge in [-0.2, -0.15) is 11.8 Å². The van der Waals surface area contributed by atoms with Crippen molar-refractivity contribution in [1.82, 2.24) is 0 Å². The smallest absolute Gasteiger partial charge is 0.224 e. The number of halogens is 1.